The second-order valence-electron chi connectivity index (χ2n) is 8.96. The van der Waals surface area contributed by atoms with Crippen LogP contribution in [0.4, 0.5) is 11.4 Å². The van der Waals surface area contributed by atoms with Crippen LogP contribution in [-0.4, -0.2) is 85.7 Å². The lowest BCUT2D eigenvalue weighted by atomic mass is 10.2. The molecule has 3 amide bonds. The Balaban J connectivity index is 1.28. The van der Waals surface area contributed by atoms with Gasteiger partial charge in [0.05, 0.1) is 18.5 Å². The van der Waals surface area contributed by atoms with Gasteiger partial charge in [-0.25, -0.2) is 0 Å². The topological polar surface area (TPSA) is 73.4 Å². The van der Waals surface area contributed by atoms with Crippen molar-refractivity contribution in [1.29, 1.82) is 0 Å². The van der Waals surface area contributed by atoms with Crippen molar-refractivity contribution in [3.05, 3.63) is 48.5 Å². The van der Waals surface area contributed by atoms with Crippen molar-refractivity contribution in [3.8, 4) is 5.75 Å². The minimum absolute atomic E-state index is 0.0607. The van der Waals surface area contributed by atoms with Gasteiger partial charge in [0.25, 0.3) is 5.91 Å². The molecule has 9 heteroatoms. The molecule has 0 radical (unpaired) electrons. The molecule has 0 aliphatic carbocycles. The number of hydrogen-bond donors (Lipinski definition) is 0. The molecule has 0 aromatic heterocycles. The molecule has 35 heavy (non-hydrogen) atoms. The van der Waals surface area contributed by atoms with E-state index in [0.717, 1.165) is 29.2 Å². The maximum absolute atomic E-state index is 13.5. The van der Waals surface area contributed by atoms with Crippen molar-refractivity contribution in [3.63, 3.8) is 0 Å². The predicted molar refractivity (Wildman–Crippen MR) is 136 cm³/mol. The summed E-state index contributed by atoms with van der Waals surface area (Å²) in [4.78, 5) is 48.1. The van der Waals surface area contributed by atoms with Crippen LogP contribution in [0.1, 0.15) is 12.8 Å². The summed E-state index contributed by atoms with van der Waals surface area (Å²) in [5.41, 5.74) is 1.72. The molecular weight excluding hydrogens is 464 g/mol. The van der Waals surface area contributed by atoms with E-state index in [1.807, 2.05) is 48.5 Å². The third-order valence-electron chi connectivity index (χ3n) is 6.88. The predicted octanol–water partition coefficient (Wildman–Crippen LogP) is 2.47. The van der Waals surface area contributed by atoms with Gasteiger partial charge in [0.2, 0.25) is 11.8 Å². The molecule has 8 nitrogen and oxygen atoms in total. The standard InChI is InChI=1S/C26H30N4O4S/c1-34-21-10-4-2-8-19(21)27-14-16-28(17-15-27)23(31)18-30-20-9-3-5-11-22(20)35-24(26(30)33)25(32)29-12-6-7-13-29/h2-5,8-11,24H,6-7,12-18H2,1H3/t24-/m0/s1. The van der Waals surface area contributed by atoms with Crippen molar-refractivity contribution in [2.45, 2.75) is 23.0 Å². The van der Waals surface area contributed by atoms with Crippen LogP contribution < -0.4 is 14.5 Å². The number of carbonyl (C=O) groups is 3. The number of piperazine rings is 1. The van der Waals surface area contributed by atoms with Gasteiger partial charge in [-0.2, -0.15) is 0 Å². The Labute approximate surface area is 209 Å². The SMILES string of the molecule is COc1ccccc1N1CCN(C(=O)CN2C(=O)[C@H](C(=O)N3CCCC3)Sc3ccccc32)CC1. The van der Waals surface area contributed by atoms with Gasteiger partial charge in [0, 0.05) is 44.2 Å². The molecule has 2 fully saturated rings. The van der Waals surface area contributed by atoms with Crippen molar-refractivity contribution < 1.29 is 19.1 Å². The zero-order chi connectivity index (χ0) is 24.4. The van der Waals surface area contributed by atoms with E-state index < -0.39 is 5.25 Å². The third-order valence-corrected chi connectivity index (χ3v) is 8.12. The number of methoxy groups -OCH3 is 1. The van der Waals surface area contributed by atoms with Gasteiger partial charge in [0.1, 0.15) is 12.3 Å². The minimum Gasteiger partial charge on any atom is -0.495 e. The first-order valence-corrected chi connectivity index (χ1v) is 13.0. The third kappa shape index (κ3) is 4.69. The number of hydrogen-bond acceptors (Lipinski definition) is 6. The van der Waals surface area contributed by atoms with Gasteiger partial charge in [0.15, 0.2) is 5.25 Å². The number of likely N-dealkylation sites (tertiary alicyclic amines) is 1. The summed E-state index contributed by atoms with van der Waals surface area (Å²) in [7, 11) is 1.66. The molecule has 3 aliphatic rings. The summed E-state index contributed by atoms with van der Waals surface area (Å²) in [5, 5.41) is -0.835. The molecular formula is C26H30N4O4S. The highest BCUT2D eigenvalue weighted by Crippen LogP contribution is 2.40. The first-order chi connectivity index (χ1) is 17.1. The second-order valence-corrected chi connectivity index (χ2v) is 10.1. The van der Waals surface area contributed by atoms with Crippen LogP contribution in [0.2, 0.25) is 0 Å². The van der Waals surface area contributed by atoms with Gasteiger partial charge in [-0.3, -0.25) is 14.4 Å². The number of anilines is 2. The molecule has 3 heterocycles. The van der Waals surface area contributed by atoms with Crippen molar-refractivity contribution in [1.82, 2.24) is 9.80 Å². The van der Waals surface area contributed by atoms with Crippen LogP contribution in [0.3, 0.4) is 0 Å². The average molecular weight is 495 g/mol. The Morgan fingerprint density at radius 2 is 1.54 bits per heavy atom. The lowest BCUT2D eigenvalue weighted by Gasteiger charge is -2.38. The Kier molecular flexibility index (Phi) is 6.86. The summed E-state index contributed by atoms with van der Waals surface area (Å²) in [5.74, 6) is 0.266. The van der Waals surface area contributed by atoms with Gasteiger partial charge >= 0.3 is 0 Å². The van der Waals surface area contributed by atoms with E-state index in [0.29, 0.717) is 45.0 Å². The Hall–Kier alpha value is -3.20. The summed E-state index contributed by atoms with van der Waals surface area (Å²) >= 11 is 1.30. The van der Waals surface area contributed by atoms with E-state index in [1.165, 1.54) is 16.7 Å². The zero-order valence-corrected chi connectivity index (χ0v) is 20.7. The Bertz CT molecular complexity index is 1110. The number of nitrogens with zero attached hydrogens (tertiary/aromatic N) is 4. The van der Waals surface area contributed by atoms with Crippen LogP contribution in [0.25, 0.3) is 0 Å². The molecule has 3 aliphatic heterocycles. The van der Waals surface area contributed by atoms with Crippen molar-refractivity contribution in [2.75, 3.05) is 62.7 Å². The first kappa shape index (κ1) is 23.5. The summed E-state index contributed by atoms with van der Waals surface area (Å²) in [6.45, 7) is 3.82. The van der Waals surface area contributed by atoms with Crippen LogP contribution in [0, 0.1) is 0 Å². The maximum Gasteiger partial charge on any atom is 0.250 e. The normalized spacial score (nSPS) is 20.1. The number of ether oxygens (including phenoxy) is 1. The molecule has 0 N–H and O–H groups in total. The number of benzene rings is 2. The molecule has 0 saturated carbocycles. The zero-order valence-electron chi connectivity index (χ0n) is 19.9. The number of para-hydroxylation sites is 3. The molecule has 184 valence electrons. The quantitative estimate of drug-likeness (QED) is 0.595. The smallest absolute Gasteiger partial charge is 0.250 e. The van der Waals surface area contributed by atoms with Crippen LogP contribution >= 0.6 is 11.8 Å². The molecule has 0 spiro atoms. The lowest BCUT2D eigenvalue weighted by molar-refractivity contribution is -0.135. The van der Waals surface area contributed by atoms with Gasteiger partial charge < -0.3 is 24.3 Å². The summed E-state index contributed by atoms with van der Waals surface area (Å²) < 4.78 is 5.49. The van der Waals surface area contributed by atoms with Gasteiger partial charge in [-0.15, -0.1) is 11.8 Å². The number of carbonyl (C=O) groups excluding carboxylic acids is 3. The maximum atomic E-state index is 13.5. The highest BCUT2D eigenvalue weighted by Gasteiger charge is 2.41. The molecule has 2 saturated heterocycles. The van der Waals surface area contributed by atoms with Crippen molar-refractivity contribution in [2.24, 2.45) is 0 Å². The van der Waals surface area contributed by atoms with E-state index in [1.54, 1.807) is 16.9 Å². The molecule has 0 unspecified atom stereocenters. The second kappa shape index (κ2) is 10.2. The summed E-state index contributed by atoms with van der Waals surface area (Å²) in [6, 6.07) is 15.4. The largest absolute Gasteiger partial charge is 0.495 e. The number of thioether (sulfide) groups is 1. The summed E-state index contributed by atoms with van der Waals surface area (Å²) in [6.07, 6.45) is 1.94. The van der Waals surface area contributed by atoms with Crippen molar-refractivity contribution >= 4 is 40.9 Å². The molecule has 2 aromatic rings. The highest BCUT2D eigenvalue weighted by molar-refractivity contribution is 8.01. The molecule has 0 bridgehead atoms. The van der Waals surface area contributed by atoms with E-state index in [4.69, 9.17) is 4.74 Å². The molecule has 1 atom stereocenters. The van der Waals surface area contributed by atoms with Crippen LogP contribution in [0.5, 0.6) is 5.75 Å². The first-order valence-electron chi connectivity index (χ1n) is 12.1. The number of fused-ring (bicyclic) bond motifs is 1. The van der Waals surface area contributed by atoms with Gasteiger partial charge in [-0.05, 0) is 37.1 Å². The monoisotopic (exact) mass is 494 g/mol. The molecule has 2 aromatic carbocycles. The lowest BCUT2D eigenvalue weighted by Crippen LogP contribution is -2.55. The van der Waals surface area contributed by atoms with Gasteiger partial charge in [-0.1, -0.05) is 24.3 Å². The Morgan fingerprint density at radius 3 is 2.26 bits per heavy atom. The van der Waals surface area contributed by atoms with E-state index in [2.05, 4.69) is 4.90 Å². The average Bonchev–Trinajstić information content (AvgIpc) is 3.45. The number of amides is 3. The van der Waals surface area contributed by atoms with Crippen LogP contribution in [0.15, 0.2) is 53.4 Å². The minimum atomic E-state index is -0.835. The number of rotatable bonds is 5. The van der Waals surface area contributed by atoms with E-state index >= 15 is 0 Å². The fourth-order valence-corrected chi connectivity index (χ4v) is 6.15. The van der Waals surface area contributed by atoms with Crippen LogP contribution in [-0.2, 0) is 14.4 Å². The molecule has 5 rings (SSSR count). The Morgan fingerprint density at radius 1 is 0.886 bits per heavy atom. The van der Waals surface area contributed by atoms with E-state index in [9.17, 15) is 14.4 Å². The fourth-order valence-electron chi connectivity index (χ4n) is 4.96. The van der Waals surface area contributed by atoms with E-state index in [-0.39, 0.29) is 24.3 Å². The fraction of sp³-hybridized carbons (Fsp3) is 0.423. The highest BCUT2D eigenvalue weighted by atomic mass is 32.2.